The van der Waals surface area contributed by atoms with E-state index in [1.54, 1.807) is 0 Å². The number of carbonyl (C=O) groups is 1. The fourth-order valence-electron chi connectivity index (χ4n) is 4.29. The van der Waals surface area contributed by atoms with Crippen molar-refractivity contribution in [3.63, 3.8) is 0 Å². The van der Waals surface area contributed by atoms with Gasteiger partial charge in [-0.25, -0.2) is 0 Å². The maximum Gasteiger partial charge on any atom is 0.222 e. The van der Waals surface area contributed by atoms with E-state index in [1.165, 1.54) is 24.1 Å². The summed E-state index contributed by atoms with van der Waals surface area (Å²) >= 11 is 0. The third-order valence-corrected chi connectivity index (χ3v) is 5.81. The number of hydrogen-bond acceptors (Lipinski definition) is 4. The zero-order chi connectivity index (χ0) is 17.2. The lowest BCUT2D eigenvalue weighted by Crippen LogP contribution is -2.54. The van der Waals surface area contributed by atoms with Crippen molar-refractivity contribution >= 4 is 5.91 Å². The lowest BCUT2D eigenvalue weighted by atomic mass is 9.73. The number of piperidine rings is 2. The van der Waals surface area contributed by atoms with Crippen LogP contribution < -0.4 is 0 Å². The number of hydrogen-bond donors (Lipinski definition) is 1. The first-order valence-electron chi connectivity index (χ1n) is 9.11. The third-order valence-electron chi connectivity index (χ3n) is 5.81. The van der Waals surface area contributed by atoms with Gasteiger partial charge in [-0.15, -0.1) is 0 Å². The SMILES string of the molecule is Cc1c(CN2CCC[C@@]3(CCC(=O)N(CCCO)C3)C2)cnn1C. The van der Waals surface area contributed by atoms with Crippen LogP contribution in [-0.2, 0) is 18.4 Å². The number of aliphatic hydroxyl groups excluding tert-OH is 1. The minimum atomic E-state index is 0.156. The van der Waals surface area contributed by atoms with Gasteiger partial charge in [0.1, 0.15) is 0 Å². The lowest BCUT2D eigenvalue weighted by molar-refractivity contribution is -0.139. The highest BCUT2D eigenvalue weighted by atomic mass is 16.3. The van der Waals surface area contributed by atoms with Gasteiger partial charge in [-0.05, 0) is 39.2 Å². The molecule has 24 heavy (non-hydrogen) atoms. The highest BCUT2D eigenvalue weighted by molar-refractivity contribution is 5.77. The topological polar surface area (TPSA) is 61.6 Å². The minimum absolute atomic E-state index is 0.156. The number of rotatable bonds is 5. The van der Waals surface area contributed by atoms with E-state index in [4.69, 9.17) is 5.11 Å². The summed E-state index contributed by atoms with van der Waals surface area (Å²) in [6.45, 7) is 6.96. The van der Waals surface area contributed by atoms with Crippen molar-refractivity contribution in [2.24, 2.45) is 12.5 Å². The number of carbonyl (C=O) groups excluding carboxylic acids is 1. The van der Waals surface area contributed by atoms with Gasteiger partial charge in [0.15, 0.2) is 0 Å². The fourth-order valence-corrected chi connectivity index (χ4v) is 4.29. The average molecular weight is 334 g/mol. The Hall–Kier alpha value is -1.40. The number of amides is 1. The van der Waals surface area contributed by atoms with Crippen LogP contribution in [0.1, 0.15) is 43.4 Å². The van der Waals surface area contributed by atoms with Gasteiger partial charge in [0.05, 0.1) is 6.20 Å². The molecule has 0 unspecified atom stereocenters. The molecule has 2 aliphatic heterocycles. The molecule has 6 heteroatoms. The van der Waals surface area contributed by atoms with E-state index in [0.717, 1.165) is 32.6 Å². The third kappa shape index (κ3) is 3.64. The van der Waals surface area contributed by atoms with Gasteiger partial charge in [-0.2, -0.15) is 5.10 Å². The van der Waals surface area contributed by atoms with Crippen LogP contribution in [0.25, 0.3) is 0 Å². The standard InChI is InChI=1S/C18H30N4O2/c1-15-16(11-19-20(15)2)12-21-8-3-6-18(13-21)7-5-17(24)22(14-18)9-4-10-23/h11,23H,3-10,12-14H2,1-2H3/t18-/m1/s1. The molecule has 1 aromatic heterocycles. The number of likely N-dealkylation sites (tertiary alicyclic amines) is 2. The van der Waals surface area contributed by atoms with E-state index >= 15 is 0 Å². The fraction of sp³-hybridized carbons (Fsp3) is 0.778. The quantitative estimate of drug-likeness (QED) is 0.882. The van der Waals surface area contributed by atoms with Gasteiger partial charge in [0.2, 0.25) is 5.91 Å². The van der Waals surface area contributed by atoms with Crippen molar-refractivity contribution in [2.45, 2.75) is 45.6 Å². The molecule has 0 aromatic carbocycles. The van der Waals surface area contributed by atoms with Gasteiger partial charge >= 0.3 is 0 Å². The molecule has 3 heterocycles. The zero-order valence-corrected chi connectivity index (χ0v) is 15.0. The first-order chi connectivity index (χ1) is 11.5. The van der Waals surface area contributed by atoms with Crippen molar-refractivity contribution in [2.75, 3.05) is 32.8 Å². The molecule has 1 spiro atoms. The van der Waals surface area contributed by atoms with Crippen LogP contribution >= 0.6 is 0 Å². The lowest BCUT2D eigenvalue weighted by Gasteiger charge is -2.48. The van der Waals surface area contributed by atoms with Crippen molar-refractivity contribution in [3.05, 3.63) is 17.5 Å². The Kier molecular flexibility index (Phi) is 5.25. The molecule has 134 valence electrons. The molecule has 6 nitrogen and oxygen atoms in total. The monoisotopic (exact) mass is 334 g/mol. The van der Waals surface area contributed by atoms with Gasteiger partial charge in [0.25, 0.3) is 0 Å². The van der Waals surface area contributed by atoms with Crippen molar-refractivity contribution in [3.8, 4) is 0 Å². The van der Waals surface area contributed by atoms with Crippen LogP contribution in [0.2, 0.25) is 0 Å². The maximum absolute atomic E-state index is 12.2. The molecule has 0 aliphatic carbocycles. The summed E-state index contributed by atoms with van der Waals surface area (Å²) in [5.74, 6) is 0.259. The number of aliphatic hydroxyl groups is 1. The van der Waals surface area contributed by atoms with Crippen LogP contribution in [0.3, 0.4) is 0 Å². The van der Waals surface area contributed by atoms with E-state index in [2.05, 4.69) is 16.9 Å². The number of nitrogens with zero attached hydrogens (tertiary/aromatic N) is 4. The Balaban J connectivity index is 1.65. The van der Waals surface area contributed by atoms with Gasteiger partial charge in [0, 0.05) is 62.9 Å². The molecule has 2 aliphatic rings. The molecule has 1 N–H and O–H groups in total. The molecule has 2 fully saturated rings. The molecule has 2 saturated heterocycles. The average Bonchev–Trinajstić information content (AvgIpc) is 2.88. The smallest absolute Gasteiger partial charge is 0.222 e. The first-order valence-corrected chi connectivity index (χ1v) is 9.11. The molecule has 3 rings (SSSR count). The summed E-state index contributed by atoms with van der Waals surface area (Å²) in [4.78, 5) is 16.7. The van der Waals surface area contributed by atoms with Crippen molar-refractivity contribution < 1.29 is 9.90 Å². The van der Waals surface area contributed by atoms with Crippen molar-refractivity contribution in [1.82, 2.24) is 19.6 Å². The second-order valence-corrected chi connectivity index (χ2v) is 7.59. The Labute approximate surface area is 144 Å². The van der Waals surface area contributed by atoms with E-state index in [-0.39, 0.29) is 17.9 Å². The van der Waals surface area contributed by atoms with E-state index in [9.17, 15) is 4.79 Å². The predicted molar refractivity (Wildman–Crippen MR) is 92.4 cm³/mol. The highest BCUT2D eigenvalue weighted by Gasteiger charge is 2.41. The Bertz CT molecular complexity index is 586. The Morgan fingerprint density at radius 2 is 2.17 bits per heavy atom. The second kappa shape index (κ2) is 7.23. The van der Waals surface area contributed by atoms with Gasteiger partial charge in [-0.3, -0.25) is 14.4 Å². The molecule has 0 bridgehead atoms. The van der Waals surface area contributed by atoms with E-state index in [1.807, 2.05) is 22.8 Å². The number of aromatic nitrogens is 2. The van der Waals surface area contributed by atoms with Crippen LogP contribution in [0.5, 0.6) is 0 Å². The van der Waals surface area contributed by atoms with E-state index in [0.29, 0.717) is 19.4 Å². The zero-order valence-electron chi connectivity index (χ0n) is 15.0. The highest BCUT2D eigenvalue weighted by Crippen LogP contribution is 2.39. The van der Waals surface area contributed by atoms with Crippen LogP contribution in [0, 0.1) is 12.3 Å². The Morgan fingerprint density at radius 1 is 1.33 bits per heavy atom. The molecular weight excluding hydrogens is 304 g/mol. The van der Waals surface area contributed by atoms with Crippen LogP contribution in [-0.4, -0.2) is 63.4 Å². The van der Waals surface area contributed by atoms with Crippen molar-refractivity contribution in [1.29, 1.82) is 0 Å². The van der Waals surface area contributed by atoms with E-state index < -0.39 is 0 Å². The Morgan fingerprint density at radius 3 is 2.88 bits per heavy atom. The molecule has 0 saturated carbocycles. The molecule has 0 radical (unpaired) electrons. The van der Waals surface area contributed by atoms with Crippen LogP contribution in [0.4, 0.5) is 0 Å². The van der Waals surface area contributed by atoms with Gasteiger partial charge in [-0.1, -0.05) is 0 Å². The minimum Gasteiger partial charge on any atom is -0.396 e. The number of aryl methyl sites for hydroxylation is 1. The molecular formula is C18H30N4O2. The van der Waals surface area contributed by atoms with Crippen LogP contribution in [0.15, 0.2) is 6.20 Å². The largest absolute Gasteiger partial charge is 0.396 e. The summed E-state index contributed by atoms with van der Waals surface area (Å²) in [5.41, 5.74) is 2.77. The summed E-state index contributed by atoms with van der Waals surface area (Å²) in [7, 11) is 1.99. The molecule has 1 atom stereocenters. The normalized spacial score (nSPS) is 25.6. The summed E-state index contributed by atoms with van der Waals surface area (Å²) in [6.07, 6.45) is 6.73. The second-order valence-electron chi connectivity index (χ2n) is 7.59. The van der Waals surface area contributed by atoms with Gasteiger partial charge < -0.3 is 10.0 Å². The first kappa shape index (κ1) is 17.4. The molecule has 1 amide bonds. The predicted octanol–water partition coefficient (Wildman–Crippen LogP) is 1.32. The molecule has 1 aromatic rings. The summed E-state index contributed by atoms with van der Waals surface area (Å²) < 4.78 is 1.94. The summed E-state index contributed by atoms with van der Waals surface area (Å²) in [6, 6.07) is 0. The maximum atomic E-state index is 12.2. The summed E-state index contributed by atoms with van der Waals surface area (Å²) in [5, 5.41) is 13.4.